The smallest absolute Gasteiger partial charge is 0.321 e. The summed E-state index contributed by atoms with van der Waals surface area (Å²) in [5.74, 6) is 0.120. The summed E-state index contributed by atoms with van der Waals surface area (Å²) in [6.45, 7) is -0.0454. The van der Waals surface area contributed by atoms with Gasteiger partial charge in [-0.2, -0.15) is 15.0 Å². The lowest BCUT2D eigenvalue weighted by Crippen LogP contribution is -2.37. The monoisotopic (exact) mass is 344 g/mol. The first kappa shape index (κ1) is 18.1. The molecule has 0 saturated heterocycles. The second-order valence-electron chi connectivity index (χ2n) is 5.26. The van der Waals surface area contributed by atoms with Crippen LogP contribution in [0.2, 0.25) is 0 Å². The Kier molecular flexibility index (Phi) is 6.21. The SMILES string of the molecule is COc1nc(CNC(=O)CNC(=O)c2ccccc2)nc(N(C)C)n1. The second kappa shape index (κ2) is 8.57. The van der Waals surface area contributed by atoms with Gasteiger partial charge in [0, 0.05) is 19.7 Å². The highest BCUT2D eigenvalue weighted by Gasteiger charge is 2.11. The number of carbonyl (C=O) groups excluding carboxylic acids is 2. The molecule has 0 aliphatic carbocycles. The van der Waals surface area contributed by atoms with Gasteiger partial charge in [-0.25, -0.2) is 0 Å². The molecule has 0 unspecified atom stereocenters. The molecular weight excluding hydrogens is 324 g/mol. The number of nitrogens with zero attached hydrogens (tertiary/aromatic N) is 4. The minimum absolute atomic E-state index is 0.0970. The van der Waals surface area contributed by atoms with Gasteiger partial charge in [0.1, 0.15) is 0 Å². The Morgan fingerprint density at radius 2 is 1.80 bits per heavy atom. The lowest BCUT2D eigenvalue weighted by Gasteiger charge is -2.12. The van der Waals surface area contributed by atoms with Gasteiger partial charge in [0.25, 0.3) is 5.91 Å². The molecule has 9 heteroatoms. The van der Waals surface area contributed by atoms with Crippen LogP contribution >= 0.6 is 0 Å². The summed E-state index contributed by atoms with van der Waals surface area (Å²) in [4.78, 5) is 37.8. The third kappa shape index (κ3) is 5.41. The highest BCUT2D eigenvalue weighted by Crippen LogP contribution is 2.09. The fourth-order valence-corrected chi connectivity index (χ4v) is 1.85. The molecule has 0 fully saturated rings. The lowest BCUT2D eigenvalue weighted by atomic mass is 10.2. The molecule has 2 rings (SSSR count). The summed E-state index contributed by atoms with van der Waals surface area (Å²) in [6.07, 6.45) is 0. The lowest BCUT2D eigenvalue weighted by molar-refractivity contribution is -0.120. The van der Waals surface area contributed by atoms with Gasteiger partial charge in [0.2, 0.25) is 11.9 Å². The van der Waals surface area contributed by atoms with Crippen LogP contribution < -0.4 is 20.3 Å². The first-order chi connectivity index (χ1) is 12.0. The summed E-state index contributed by atoms with van der Waals surface area (Å²) >= 11 is 0. The standard InChI is InChI=1S/C16H20N6O3/c1-22(2)15-19-12(20-16(21-15)25-3)9-17-13(23)10-18-14(24)11-7-5-4-6-8-11/h4-8H,9-10H2,1-3H3,(H,17,23)(H,18,24). The fourth-order valence-electron chi connectivity index (χ4n) is 1.85. The molecule has 1 aromatic heterocycles. The maximum Gasteiger partial charge on any atom is 0.321 e. The van der Waals surface area contributed by atoms with Crippen molar-refractivity contribution in [3.63, 3.8) is 0 Å². The summed E-state index contributed by atoms with van der Waals surface area (Å²) in [6, 6.07) is 8.84. The van der Waals surface area contributed by atoms with Crippen LogP contribution in [0.25, 0.3) is 0 Å². The van der Waals surface area contributed by atoms with Gasteiger partial charge in [-0.15, -0.1) is 0 Å². The zero-order valence-corrected chi connectivity index (χ0v) is 14.3. The van der Waals surface area contributed by atoms with E-state index < -0.39 is 0 Å². The van der Waals surface area contributed by atoms with E-state index in [2.05, 4.69) is 25.6 Å². The quantitative estimate of drug-likeness (QED) is 0.727. The van der Waals surface area contributed by atoms with Crippen molar-refractivity contribution in [1.82, 2.24) is 25.6 Å². The molecule has 2 aromatic rings. The predicted octanol–water partition coefficient (Wildman–Crippen LogP) is -0.00760. The van der Waals surface area contributed by atoms with Crippen molar-refractivity contribution in [1.29, 1.82) is 0 Å². The molecule has 0 radical (unpaired) electrons. The third-order valence-electron chi connectivity index (χ3n) is 3.12. The van der Waals surface area contributed by atoms with E-state index in [0.717, 1.165) is 0 Å². The van der Waals surface area contributed by atoms with E-state index in [4.69, 9.17) is 4.74 Å². The molecule has 0 atom stereocenters. The number of ether oxygens (including phenoxy) is 1. The normalized spacial score (nSPS) is 10.0. The largest absolute Gasteiger partial charge is 0.467 e. The number of hydrogen-bond donors (Lipinski definition) is 2. The Morgan fingerprint density at radius 1 is 1.08 bits per heavy atom. The van der Waals surface area contributed by atoms with Gasteiger partial charge < -0.3 is 20.3 Å². The van der Waals surface area contributed by atoms with E-state index in [1.165, 1.54) is 7.11 Å². The van der Waals surface area contributed by atoms with Gasteiger partial charge in [-0.3, -0.25) is 9.59 Å². The number of aromatic nitrogens is 3. The van der Waals surface area contributed by atoms with Crippen molar-refractivity contribution in [2.45, 2.75) is 6.54 Å². The molecule has 1 heterocycles. The number of anilines is 1. The fraction of sp³-hybridized carbons (Fsp3) is 0.312. The average Bonchev–Trinajstić information content (AvgIpc) is 2.64. The van der Waals surface area contributed by atoms with E-state index in [-0.39, 0.29) is 30.9 Å². The highest BCUT2D eigenvalue weighted by molar-refractivity contribution is 5.96. The molecule has 1 aromatic carbocycles. The maximum atomic E-state index is 11.9. The second-order valence-corrected chi connectivity index (χ2v) is 5.26. The number of methoxy groups -OCH3 is 1. The minimum atomic E-state index is -0.352. The minimum Gasteiger partial charge on any atom is -0.467 e. The Balaban J connectivity index is 1.87. The van der Waals surface area contributed by atoms with Crippen LogP contribution in [0.1, 0.15) is 16.2 Å². The van der Waals surface area contributed by atoms with Gasteiger partial charge in [0.15, 0.2) is 5.82 Å². The van der Waals surface area contributed by atoms with E-state index >= 15 is 0 Å². The number of amides is 2. The highest BCUT2D eigenvalue weighted by atomic mass is 16.5. The molecule has 0 saturated carbocycles. The van der Waals surface area contributed by atoms with E-state index in [1.807, 2.05) is 6.07 Å². The molecule has 25 heavy (non-hydrogen) atoms. The molecule has 132 valence electrons. The maximum absolute atomic E-state index is 11.9. The molecule has 0 bridgehead atoms. The van der Waals surface area contributed by atoms with Crippen LogP contribution in [0.3, 0.4) is 0 Å². The number of benzene rings is 1. The van der Waals surface area contributed by atoms with Crippen LogP contribution in [0, 0.1) is 0 Å². The Morgan fingerprint density at radius 3 is 2.44 bits per heavy atom. The Bertz CT molecular complexity index is 736. The van der Waals surface area contributed by atoms with Gasteiger partial charge >= 0.3 is 6.01 Å². The molecule has 2 N–H and O–H groups in total. The first-order valence-electron chi connectivity index (χ1n) is 7.56. The van der Waals surface area contributed by atoms with Crippen LogP contribution in [-0.4, -0.2) is 54.5 Å². The van der Waals surface area contributed by atoms with Gasteiger partial charge in [0.05, 0.1) is 20.2 Å². The number of carbonyl (C=O) groups is 2. The predicted molar refractivity (Wildman–Crippen MR) is 91.3 cm³/mol. The Labute approximate surface area is 145 Å². The van der Waals surface area contributed by atoms with Crippen LogP contribution in [0.15, 0.2) is 30.3 Å². The van der Waals surface area contributed by atoms with Crippen molar-refractivity contribution in [3.8, 4) is 6.01 Å². The van der Waals surface area contributed by atoms with Crippen LogP contribution in [0.5, 0.6) is 6.01 Å². The number of hydrogen-bond acceptors (Lipinski definition) is 7. The Hall–Kier alpha value is -3.23. The van der Waals surface area contributed by atoms with E-state index in [1.54, 1.807) is 43.3 Å². The zero-order chi connectivity index (χ0) is 18.2. The summed E-state index contributed by atoms with van der Waals surface area (Å²) in [7, 11) is 5.03. The summed E-state index contributed by atoms with van der Waals surface area (Å²) in [5.41, 5.74) is 0.494. The molecular formula is C16H20N6O3. The van der Waals surface area contributed by atoms with Crippen molar-refractivity contribution in [2.75, 3.05) is 32.6 Å². The zero-order valence-electron chi connectivity index (χ0n) is 14.3. The summed E-state index contributed by atoms with van der Waals surface area (Å²) in [5, 5.41) is 5.19. The van der Waals surface area contributed by atoms with Gasteiger partial charge in [-0.1, -0.05) is 18.2 Å². The van der Waals surface area contributed by atoms with Crippen molar-refractivity contribution < 1.29 is 14.3 Å². The number of nitrogens with one attached hydrogen (secondary N) is 2. The van der Waals surface area contributed by atoms with E-state index in [0.29, 0.717) is 17.3 Å². The average molecular weight is 344 g/mol. The summed E-state index contributed by atoms with van der Waals surface area (Å²) < 4.78 is 5.02. The van der Waals surface area contributed by atoms with Crippen molar-refractivity contribution >= 4 is 17.8 Å². The molecule has 9 nitrogen and oxygen atoms in total. The topological polar surface area (TPSA) is 109 Å². The number of rotatable bonds is 7. The molecule has 0 spiro atoms. The van der Waals surface area contributed by atoms with Crippen molar-refractivity contribution in [2.24, 2.45) is 0 Å². The van der Waals surface area contributed by atoms with Gasteiger partial charge in [-0.05, 0) is 12.1 Å². The third-order valence-corrected chi connectivity index (χ3v) is 3.12. The van der Waals surface area contributed by atoms with Crippen LogP contribution in [-0.2, 0) is 11.3 Å². The van der Waals surface area contributed by atoms with E-state index in [9.17, 15) is 9.59 Å². The molecule has 0 aliphatic rings. The molecule has 0 aliphatic heterocycles. The van der Waals surface area contributed by atoms with Crippen LogP contribution in [0.4, 0.5) is 5.95 Å². The first-order valence-corrected chi connectivity index (χ1v) is 7.56. The molecule has 2 amide bonds. The van der Waals surface area contributed by atoms with Crippen molar-refractivity contribution in [3.05, 3.63) is 41.7 Å².